The van der Waals surface area contributed by atoms with Crippen molar-refractivity contribution in [3.8, 4) is 5.75 Å². The number of aliphatic imine (C=N–C) groups is 1. The van der Waals surface area contributed by atoms with E-state index >= 15 is 0 Å². The maximum absolute atomic E-state index is 12.4. The maximum atomic E-state index is 12.4. The third kappa shape index (κ3) is 5.91. The number of carbonyl (C=O) groups excluding carboxylic acids is 1. The molecule has 1 aliphatic heterocycles. The van der Waals surface area contributed by atoms with E-state index in [1.54, 1.807) is 7.05 Å². The highest BCUT2D eigenvalue weighted by molar-refractivity contribution is 6.14. The SMILES string of the molecule is CN=C(CC=N)c1nnc(N2CCC(NC(=O)Nc3ccc(OC(F)F)cc3)CC2)c2ccccc12. The number of anilines is 2. The second-order valence-corrected chi connectivity index (χ2v) is 8.26. The molecule has 1 saturated heterocycles. The second-order valence-electron chi connectivity index (χ2n) is 8.26. The van der Waals surface area contributed by atoms with Crippen molar-refractivity contribution in [2.24, 2.45) is 4.99 Å². The molecule has 3 aromatic rings. The van der Waals surface area contributed by atoms with Crippen molar-refractivity contribution in [1.82, 2.24) is 15.5 Å². The number of piperidine rings is 1. The molecule has 3 N–H and O–H groups in total. The monoisotopic (exact) mass is 495 g/mol. The lowest BCUT2D eigenvalue weighted by Crippen LogP contribution is -2.46. The molecule has 2 amide bonds. The van der Waals surface area contributed by atoms with Crippen molar-refractivity contribution in [2.75, 3.05) is 30.4 Å². The third-order valence-electron chi connectivity index (χ3n) is 5.97. The van der Waals surface area contributed by atoms with Gasteiger partial charge >= 0.3 is 12.6 Å². The molecule has 0 saturated carbocycles. The van der Waals surface area contributed by atoms with Crippen molar-refractivity contribution < 1.29 is 18.3 Å². The van der Waals surface area contributed by atoms with Crippen LogP contribution in [0.1, 0.15) is 25.0 Å². The number of ether oxygens (including phenoxy) is 1. The fourth-order valence-electron chi connectivity index (χ4n) is 4.23. The van der Waals surface area contributed by atoms with Gasteiger partial charge < -0.3 is 25.7 Å². The number of fused-ring (bicyclic) bond motifs is 1. The number of nitrogens with zero attached hydrogens (tertiary/aromatic N) is 4. The molecule has 188 valence electrons. The average Bonchev–Trinajstić information content (AvgIpc) is 2.88. The normalized spacial score (nSPS) is 14.7. The molecule has 1 aliphatic rings. The van der Waals surface area contributed by atoms with Crippen molar-refractivity contribution >= 4 is 40.2 Å². The molecule has 1 fully saturated rings. The lowest BCUT2D eigenvalue weighted by Gasteiger charge is -2.33. The summed E-state index contributed by atoms with van der Waals surface area (Å²) >= 11 is 0. The van der Waals surface area contributed by atoms with Crippen LogP contribution in [-0.2, 0) is 0 Å². The van der Waals surface area contributed by atoms with Crippen LogP contribution in [0.4, 0.5) is 25.1 Å². The molecule has 4 rings (SSSR count). The number of alkyl halides is 2. The van der Waals surface area contributed by atoms with Gasteiger partial charge in [0.05, 0.1) is 5.71 Å². The van der Waals surface area contributed by atoms with Crippen LogP contribution in [0.25, 0.3) is 10.8 Å². The van der Waals surface area contributed by atoms with E-state index in [1.165, 1.54) is 30.5 Å². The number of hydrogen-bond acceptors (Lipinski definition) is 7. The number of benzene rings is 2. The van der Waals surface area contributed by atoms with Crippen molar-refractivity contribution in [3.05, 3.63) is 54.2 Å². The minimum Gasteiger partial charge on any atom is -0.435 e. The summed E-state index contributed by atoms with van der Waals surface area (Å²) in [7, 11) is 1.69. The summed E-state index contributed by atoms with van der Waals surface area (Å²) in [4.78, 5) is 18.9. The number of aromatic nitrogens is 2. The number of halogens is 2. The molecule has 0 bridgehead atoms. The van der Waals surface area contributed by atoms with E-state index in [4.69, 9.17) is 5.41 Å². The summed E-state index contributed by atoms with van der Waals surface area (Å²) in [6, 6.07) is 13.3. The maximum Gasteiger partial charge on any atom is 0.387 e. The highest BCUT2D eigenvalue weighted by atomic mass is 19.3. The Kier molecular flexibility index (Phi) is 7.99. The molecule has 2 aromatic carbocycles. The molecule has 0 spiro atoms. The van der Waals surface area contributed by atoms with Gasteiger partial charge in [0, 0.05) is 55.3 Å². The van der Waals surface area contributed by atoms with Crippen LogP contribution >= 0.6 is 0 Å². The van der Waals surface area contributed by atoms with Crippen LogP contribution < -0.4 is 20.3 Å². The molecule has 0 unspecified atom stereocenters. The number of hydrogen-bond donors (Lipinski definition) is 3. The van der Waals surface area contributed by atoms with Crippen LogP contribution in [0.15, 0.2) is 53.5 Å². The molecule has 9 nitrogen and oxygen atoms in total. The van der Waals surface area contributed by atoms with E-state index in [-0.39, 0.29) is 17.8 Å². The zero-order chi connectivity index (χ0) is 25.5. The molecule has 0 atom stereocenters. The summed E-state index contributed by atoms with van der Waals surface area (Å²) < 4.78 is 28.9. The summed E-state index contributed by atoms with van der Waals surface area (Å²) in [6.45, 7) is -1.51. The van der Waals surface area contributed by atoms with E-state index in [9.17, 15) is 13.6 Å². The van der Waals surface area contributed by atoms with E-state index in [1.807, 2.05) is 24.3 Å². The standard InChI is InChI=1S/C25H27F2N7O2/c1-29-21(10-13-28)22-19-4-2-3-5-20(19)23(33-32-22)34-14-11-17(12-15-34)31-25(35)30-16-6-8-18(9-7-16)36-24(26)27/h2-9,13,17,24,28H,10-12,14-15H2,1H3,(H2,30,31,35). The number of nitrogens with one attached hydrogen (secondary N) is 3. The summed E-state index contributed by atoms with van der Waals surface area (Å²) in [5.74, 6) is 0.813. The minimum atomic E-state index is -2.89. The van der Waals surface area contributed by atoms with Gasteiger partial charge in [0.2, 0.25) is 0 Å². The summed E-state index contributed by atoms with van der Waals surface area (Å²) in [5.41, 5.74) is 1.87. The Bertz CT molecular complexity index is 1240. The Morgan fingerprint density at radius 2 is 1.86 bits per heavy atom. The average molecular weight is 496 g/mol. The van der Waals surface area contributed by atoms with Gasteiger partial charge in [-0.2, -0.15) is 8.78 Å². The van der Waals surface area contributed by atoms with Gasteiger partial charge in [-0.05, 0) is 37.1 Å². The number of urea groups is 1. The molecular formula is C25H27F2N7O2. The fourth-order valence-corrected chi connectivity index (χ4v) is 4.23. The highest BCUT2D eigenvalue weighted by Gasteiger charge is 2.24. The predicted molar refractivity (Wildman–Crippen MR) is 136 cm³/mol. The Morgan fingerprint density at radius 1 is 1.17 bits per heavy atom. The molecule has 36 heavy (non-hydrogen) atoms. The number of carbonyl (C=O) groups is 1. The summed E-state index contributed by atoms with van der Waals surface area (Å²) in [6.07, 6.45) is 3.14. The smallest absolute Gasteiger partial charge is 0.387 e. The van der Waals surface area contributed by atoms with Crippen LogP contribution in [0.2, 0.25) is 0 Å². The lowest BCUT2D eigenvalue weighted by molar-refractivity contribution is -0.0498. The third-order valence-corrected chi connectivity index (χ3v) is 5.97. The van der Waals surface area contributed by atoms with Gasteiger partial charge in [0.15, 0.2) is 5.82 Å². The Labute approximate surface area is 207 Å². The second kappa shape index (κ2) is 11.5. The first-order chi connectivity index (χ1) is 17.5. The Morgan fingerprint density at radius 3 is 2.50 bits per heavy atom. The largest absolute Gasteiger partial charge is 0.435 e. The molecule has 1 aromatic heterocycles. The zero-order valence-electron chi connectivity index (χ0n) is 19.7. The topological polar surface area (TPSA) is 116 Å². The zero-order valence-corrected chi connectivity index (χ0v) is 19.7. The first-order valence-electron chi connectivity index (χ1n) is 11.6. The predicted octanol–water partition coefficient (Wildman–Crippen LogP) is 4.48. The van der Waals surface area contributed by atoms with Gasteiger partial charge in [-0.3, -0.25) is 4.99 Å². The quantitative estimate of drug-likeness (QED) is 0.399. The van der Waals surface area contributed by atoms with Crippen LogP contribution in [0.5, 0.6) is 5.75 Å². The van der Waals surface area contributed by atoms with E-state index < -0.39 is 6.61 Å². The summed E-state index contributed by atoms with van der Waals surface area (Å²) in [5, 5.41) is 24.0. The van der Waals surface area contributed by atoms with E-state index in [2.05, 4.69) is 35.5 Å². The Hall–Kier alpha value is -4.15. The van der Waals surface area contributed by atoms with Gasteiger partial charge in [-0.15, -0.1) is 10.2 Å². The molecular weight excluding hydrogens is 468 g/mol. The highest BCUT2D eigenvalue weighted by Crippen LogP contribution is 2.28. The lowest BCUT2D eigenvalue weighted by atomic mass is 10.0. The minimum absolute atomic E-state index is 0.0207. The first-order valence-corrected chi connectivity index (χ1v) is 11.6. The van der Waals surface area contributed by atoms with E-state index in [0.717, 1.165) is 29.4 Å². The van der Waals surface area contributed by atoms with Crippen LogP contribution in [0.3, 0.4) is 0 Å². The van der Waals surface area contributed by atoms with Gasteiger partial charge in [-0.1, -0.05) is 24.3 Å². The van der Waals surface area contributed by atoms with Crippen LogP contribution in [-0.4, -0.2) is 60.9 Å². The first kappa shape index (κ1) is 25.0. The number of amides is 2. The van der Waals surface area contributed by atoms with Gasteiger partial charge in [0.1, 0.15) is 11.4 Å². The molecule has 0 radical (unpaired) electrons. The van der Waals surface area contributed by atoms with Gasteiger partial charge in [-0.25, -0.2) is 4.79 Å². The number of rotatable bonds is 8. The molecule has 0 aliphatic carbocycles. The molecule has 11 heteroatoms. The molecule has 2 heterocycles. The fraction of sp³-hybridized carbons (Fsp3) is 0.320. The Balaban J connectivity index is 1.37. The van der Waals surface area contributed by atoms with Crippen LogP contribution in [0, 0.1) is 5.41 Å². The van der Waals surface area contributed by atoms with Crippen molar-refractivity contribution in [3.63, 3.8) is 0 Å². The van der Waals surface area contributed by atoms with Gasteiger partial charge in [0.25, 0.3) is 0 Å². The van der Waals surface area contributed by atoms with Crippen molar-refractivity contribution in [2.45, 2.75) is 31.9 Å². The van der Waals surface area contributed by atoms with E-state index in [0.29, 0.717) is 36.6 Å². The van der Waals surface area contributed by atoms with Crippen molar-refractivity contribution in [1.29, 1.82) is 5.41 Å².